The van der Waals surface area contributed by atoms with Gasteiger partial charge in [0.25, 0.3) is 0 Å². The van der Waals surface area contributed by atoms with E-state index in [1.54, 1.807) is 51.4 Å². The van der Waals surface area contributed by atoms with Gasteiger partial charge in [-0.05, 0) is 49.4 Å². The molecule has 3 rings (SSSR count). The maximum atomic E-state index is 4.93. The summed E-state index contributed by atoms with van der Waals surface area (Å²) >= 11 is -0.826. The van der Waals surface area contributed by atoms with Crippen LogP contribution in [-0.4, -0.2) is 0 Å². The van der Waals surface area contributed by atoms with Crippen molar-refractivity contribution in [2.75, 3.05) is 0 Å². The fourth-order valence-corrected chi connectivity index (χ4v) is 4.82. The molecule has 0 aliphatic heterocycles. The Morgan fingerprint density at radius 1 is 0.750 bits per heavy atom. The Morgan fingerprint density at radius 3 is 1.95 bits per heavy atom. The molecule has 0 aromatic carbocycles. The average molecular weight is 399 g/mol. The number of fused-ring (bicyclic) bond motifs is 1. The molecule has 3 unspecified atom stereocenters. The van der Waals surface area contributed by atoms with Gasteiger partial charge in [0.2, 0.25) is 0 Å². The SMILES string of the molecule is C1CCC(CC2CCC3CCCCC32)C1.[CH3-].[CH3-].[Cl][Zr+2][Cl]. The summed E-state index contributed by atoms with van der Waals surface area (Å²) in [6, 6.07) is 0. The molecule has 0 radical (unpaired) electrons. The first-order valence-corrected chi connectivity index (χ1v) is 14.1. The number of hydrogen-bond acceptors (Lipinski definition) is 0. The third-order valence-corrected chi connectivity index (χ3v) is 5.59. The zero-order chi connectivity index (χ0) is 12.8. The summed E-state index contributed by atoms with van der Waals surface area (Å²) in [5.74, 6) is 4.61. The van der Waals surface area contributed by atoms with Gasteiger partial charge < -0.3 is 14.9 Å². The quantitative estimate of drug-likeness (QED) is 0.437. The van der Waals surface area contributed by atoms with Crippen LogP contribution in [0.5, 0.6) is 0 Å². The van der Waals surface area contributed by atoms with Gasteiger partial charge in [0.1, 0.15) is 0 Å². The van der Waals surface area contributed by atoms with E-state index in [-0.39, 0.29) is 14.9 Å². The van der Waals surface area contributed by atoms with Crippen LogP contribution in [0.15, 0.2) is 0 Å². The van der Waals surface area contributed by atoms with E-state index in [9.17, 15) is 0 Å². The molecule has 3 atom stereocenters. The van der Waals surface area contributed by atoms with Gasteiger partial charge in [-0.25, -0.2) is 0 Å². The first-order valence-electron chi connectivity index (χ1n) is 7.81. The van der Waals surface area contributed by atoms with E-state index in [2.05, 4.69) is 0 Å². The second-order valence-electron chi connectivity index (χ2n) is 6.50. The average Bonchev–Trinajstić information content (AvgIpc) is 3.01. The van der Waals surface area contributed by atoms with Crippen molar-refractivity contribution < 1.29 is 20.8 Å². The molecule has 0 spiro atoms. The van der Waals surface area contributed by atoms with Crippen LogP contribution < -0.4 is 0 Å². The molecule has 0 bridgehead atoms. The predicted molar refractivity (Wildman–Crippen MR) is 89.3 cm³/mol. The third kappa shape index (κ3) is 6.30. The Hall–Kier alpha value is 1.46. The second-order valence-corrected chi connectivity index (χ2v) is 10.2. The van der Waals surface area contributed by atoms with E-state index >= 15 is 0 Å². The summed E-state index contributed by atoms with van der Waals surface area (Å²) in [5.41, 5.74) is 0. The van der Waals surface area contributed by atoms with Crippen molar-refractivity contribution in [2.24, 2.45) is 23.7 Å². The van der Waals surface area contributed by atoms with Crippen LogP contribution in [0.2, 0.25) is 0 Å². The zero-order valence-electron chi connectivity index (χ0n) is 13.3. The third-order valence-electron chi connectivity index (χ3n) is 5.59. The Balaban J connectivity index is 0.000000668. The minimum atomic E-state index is -0.826. The van der Waals surface area contributed by atoms with Crippen molar-refractivity contribution in [3.05, 3.63) is 14.9 Å². The Morgan fingerprint density at radius 2 is 1.30 bits per heavy atom. The van der Waals surface area contributed by atoms with E-state index in [1.807, 2.05) is 0 Å². The van der Waals surface area contributed by atoms with Gasteiger partial charge in [-0.2, -0.15) is 0 Å². The molecule has 0 N–H and O–H groups in total. The fraction of sp³-hybridized carbons (Fsp3) is 0.882. The molecular weight excluding hydrogens is 366 g/mol. The van der Waals surface area contributed by atoms with Crippen LogP contribution in [0.1, 0.15) is 70.6 Å². The fourth-order valence-electron chi connectivity index (χ4n) is 4.82. The topological polar surface area (TPSA) is 0 Å². The van der Waals surface area contributed by atoms with E-state index in [0.717, 1.165) is 17.8 Å². The molecule has 3 aliphatic rings. The number of rotatable bonds is 2. The summed E-state index contributed by atoms with van der Waals surface area (Å²) in [5, 5.41) is 0. The van der Waals surface area contributed by atoms with E-state index in [1.165, 1.54) is 25.2 Å². The first kappa shape index (κ1) is 21.5. The molecule has 0 saturated heterocycles. The minimum absolute atomic E-state index is 0. The zero-order valence-corrected chi connectivity index (χ0v) is 17.3. The summed E-state index contributed by atoms with van der Waals surface area (Å²) in [6.45, 7) is 0. The van der Waals surface area contributed by atoms with Gasteiger partial charge >= 0.3 is 37.9 Å². The van der Waals surface area contributed by atoms with Gasteiger partial charge in [-0.15, -0.1) is 0 Å². The summed E-state index contributed by atoms with van der Waals surface area (Å²) in [6.07, 6.45) is 17.2. The Labute approximate surface area is 146 Å². The van der Waals surface area contributed by atoms with Gasteiger partial charge in [0, 0.05) is 0 Å². The number of halogens is 2. The van der Waals surface area contributed by atoms with Crippen LogP contribution in [0.4, 0.5) is 0 Å². The van der Waals surface area contributed by atoms with Gasteiger partial charge in [0.05, 0.1) is 0 Å². The molecule has 0 aromatic rings. The summed E-state index contributed by atoms with van der Waals surface area (Å²) < 4.78 is 0. The predicted octanol–water partition coefficient (Wildman–Crippen LogP) is 7.06. The van der Waals surface area contributed by atoms with E-state index in [0.29, 0.717) is 0 Å². The molecule has 3 fully saturated rings. The maximum absolute atomic E-state index is 4.93. The van der Waals surface area contributed by atoms with Crippen molar-refractivity contribution in [1.82, 2.24) is 0 Å². The molecule has 20 heavy (non-hydrogen) atoms. The van der Waals surface area contributed by atoms with Crippen molar-refractivity contribution in [1.29, 1.82) is 0 Å². The second kappa shape index (κ2) is 12.0. The molecule has 3 heteroatoms. The Bertz CT molecular complexity index is 229. The normalized spacial score (nSPS) is 32.0. The number of hydrogen-bond donors (Lipinski definition) is 0. The van der Waals surface area contributed by atoms with Crippen LogP contribution in [-0.2, 0) is 20.8 Å². The Kier molecular flexibility index (Phi) is 12.8. The molecule has 118 valence electrons. The summed E-state index contributed by atoms with van der Waals surface area (Å²) in [7, 11) is 9.87. The molecule has 3 saturated carbocycles. The van der Waals surface area contributed by atoms with Crippen molar-refractivity contribution in [2.45, 2.75) is 70.6 Å². The van der Waals surface area contributed by atoms with Crippen molar-refractivity contribution in [3.63, 3.8) is 0 Å². The van der Waals surface area contributed by atoms with Crippen molar-refractivity contribution >= 4 is 17.0 Å². The van der Waals surface area contributed by atoms with Crippen LogP contribution in [0, 0.1) is 38.5 Å². The molecule has 0 nitrogen and oxygen atoms in total. The van der Waals surface area contributed by atoms with Gasteiger partial charge in [-0.3, -0.25) is 0 Å². The van der Waals surface area contributed by atoms with Crippen LogP contribution in [0.3, 0.4) is 0 Å². The van der Waals surface area contributed by atoms with Crippen LogP contribution in [0.25, 0.3) is 0 Å². The molecular formula is C17H32Cl2Zr. The van der Waals surface area contributed by atoms with Gasteiger partial charge in [-0.1, -0.05) is 44.9 Å². The molecule has 0 amide bonds. The molecule has 0 aromatic heterocycles. The van der Waals surface area contributed by atoms with Gasteiger partial charge in [0.15, 0.2) is 0 Å². The van der Waals surface area contributed by atoms with E-state index < -0.39 is 20.8 Å². The monoisotopic (exact) mass is 396 g/mol. The first-order chi connectivity index (χ1) is 8.85. The molecule has 0 heterocycles. The standard InChI is InChI=1S/C15H26.2CH3.2ClH.Zr/c1-2-6-12(5-1)11-14-10-9-13-7-3-4-8-15(13)14;;;;;/h12-15H,1-11H2;2*1H3;2*1H;/q;2*-1;;;+4/p-2. The van der Waals surface area contributed by atoms with E-state index in [4.69, 9.17) is 17.0 Å². The molecule has 3 aliphatic carbocycles. The van der Waals surface area contributed by atoms with Crippen molar-refractivity contribution in [3.8, 4) is 0 Å². The van der Waals surface area contributed by atoms with Crippen LogP contribution >= 0.6 is 17.0 Å². The summed E-state index contributed by atoms with van der Waals surface area (Å²) in [4.78, 5) is 0.